The summed E-state index contributed by atoms with van der Waals surface area (Å²) in [4.78, 5) is 24.7. The van der Waals surface area contributed by atoms with E-state index in [1.165, 1.54) is 18.3 Å². The van der Waals surface area contributed by atoms with Crippen LogP contribution in [0.5, 0.6) is 0 Å². The van der Waals surface area contributed by atoms with E-state index in [0.29, 0.717) is 19.4 Å². The number of hydrogen-bond donors (Lipinski definition) is 2. The van der Waals surface area contributed by atoms with Crippen molar-refractivity contribution in [1.82, 2.24) is 4.98 Å². The highest BCUT2D eigenvalue weighted by atomic mass is 16.6. The van der Waals surface area contributed by atoms with E-state index in [1.807, 2.05) is 0 Å². The summed E-state index contributed by atoms with van der Waals surface area (Å²) in [7, 11) is 0. The molecule has 0 amide bonds. The summed E-state index contributed by atoms with van der Waals surface area (Å²) in [6.07, 6.45) is 2.60. The van der Waals surface area contributed by atoms with E-state index in [0.717, 1.165) is 0 Å². The van der Waals surface area contributed by atoms with Gasteiger partial charge >= 0.3 is 11.7 Å². The summed E-state index contributed by atoms with van der Waals surface area (Å²) < 4.78 is 0. The SMILES string of the molecule is CC(CCCNc1ncccc1[N+](=O)[O-])C(=O)O. The number of anilines is 1. The molecule has 0 bridgehead atoms. The number of aliphatic carboxylic acids is 1. The van der Waals surface area contributed by atoms with E-state index in [2.05, 4.69) is 10.3 Å². The average Bonchev–Trinajstić information content (AvgIpc) is 2.34. The molecule has 0 aliphatic carbocycles. The molecule has 0 aromatic carbocycles. The zero-order chi connectivity index (χ0) is 13.5. The summed E-state index contributed by atoms with van der Waals surface area (Å²) in [6.45, 7) is 2.08. The summed E-state index contributed by atoms with van der Waals surface area (Å²) >= 11 is 0. The number of hydrogen-bond acceptors (Lipinski definition) is 5. The largest absolute Gasteiger partial charge is 0.481 e. The number of nitro groups is 1. The van der Waals surface area contributed by atoms with E-state index in [-0.39, 0.29) is 11.5 Å². The van der Waals surface area contributed by atoms with Gasteiger partial charge in [0, 0.05) is 18.8 Å². The van der Waals surface area contributed by atoms with Crippen molar-refractivity contribution in [2.45, 2.75) is 19.8 Å². The van der Waals surface area contributed by atoms with Crippen LogP contribution in [-0.2, 0) is 4.79 Å². The summed E-state index contributed by atoms with van der Waals surface area (Å²) in [6, 6.07) is 2.87. The minimum absolute atomic E-state index is 0.0798. The van der Waals surface area contributed by atoms with E-state index in [4.69, 9.17) is 5.11 Å². The van der Waals surface area contributed by atoms with Crippen molar-refractivity contribution in [3.63, 3.8) is 0 Å². The Morgan fingerprint density at radius 2 is 2.39 bits per heavy atom. The van der Waals surface area contributed by atoms with Gasteiger partial charge in [-0.3, -0.25) is 14.9 Å². The zero-order valence-electron chi connectivity index (χ0n) is 10.00. The fraction of sp³-hybridized carbons (Fsp3) is 0.455. The topological polar surface area (TPSA) is 105 Å². The van der Waals surface area contributed by atoms with Gasteiger partial charge in [-0.05, 0) is 18.9 Å². The molecule has 7 nitrogen and oxygen atoms in total. The van der Waals surface area contributed by atoms with Crippen molar-refractivity contribution >= 4 is 17.5 Å². The van der Waals surface area contributed by atoms with Crippen molar-refractivity contribution in [3.05, 3.63) is 28.4 Å². The molecule has 1 atom stereocenters. The fourth-order valence-electron chi connectivity index (χ4n) is 1.42. The van der Waals surface area contributed by atoms with Gasteiger partial charge in [0.1, 0.15) is 0 Å². The molecule has 2 N–H and O–H groups in total. The lowest BCUT2D eigenvalue weighted by atomic mass is 10.1. The van der Waals surface area contributed by atoms with E-state index < -0.39 is 16.8 Å². The van der Waals surface area contributed by atoms with Crippen molar-refractivity contribution in [2.24, 2.45) is 5.92 Å². The molecular formula is C11H15N3O4. The quantitative estimate of drug-likeness (QED) is 0.436. The molecule has 0 spiro atoms. The van der Waals surface area contributed by atoms with Gasteiger partial charge in [-0.25, -0.2) is 4.98 Å². The highest BCUT2D eigenvalue weighted by Gasteiger charge is 2.14. The standard InChI is InChI=1S/C11H15N3O4/c1-8(11(15)16)4-2-6-12-10-9(14(17)18)5-3-7-13-10/h3,5,7-8H,2,4,6H2,1H3,(H,12,13)(H,15,16). The van der Waals surface area contributed by atoms with Crippen LogP contribution in [-0.4, -0.2) is 27.5 Å². The lowest BCUT2D eigenvalue weighted by molar-refractivity contribution is -0.384. The Balaban J connectivity index is 2.45. The van der Waals surface area contributed by atoms with Crippen molar-refractivity contribution in [2.75, 3.05) is 11.9 Å². The average molecular weight is 253 g/mol. The van der Waals surface area contributed by atoms with Crippen LogP contribution in [0.15, 0.2) is 18.3 Å². The first-order valence-corrected chi connectivity index (χ1v) is 5.58. The molecule has 7 heteroatoms. The number of pyridine rings is 1. The van der Waals surface area contributed by atoms with Gasteiger partial charge in [0.05, 0.1) is 10.8 Å². The smallest absolute Gasteiger partial charge is 0.311 e. The molecule has 1 rings (SSSR count). The molecule has 0 aliphatic rings. The zero-order valence-corrected chi connectivity index (χ0v) is 10.00. The fourth-order valence-corrected chi connectivity index (χ4v) is 1.42. The van der Waals surface area contributed by atoms with Crippen LogP contribution >= 0.6 is 0 Å². The molecule has 1 unspecified atom stereocenters. The minimum Gasteiger partial charge on any atom is -0.481 e. The first-order chi connectivity index (χ1) is 8.52. The van der Waals surface area contributed by atoms with Crippen LogP contribution in [0, 0.1) is 16.0 Å². The van der Waals surface area contributed by atoms with Gasteiger partial charge in [0.25, 0.3) is 0 Å². The van der Waals surface area contributed by atoms with Crippen LogP contribution in [0.4, 0.5) is 11.5 Å². The van der Waals surface area contributed by atoms with E-state index in [1.54, 1.807) is 6.92 Å². The number of rotatable bonds is 7. The lowest BCUT2D eigenvalue weighted by Gasteiger charge is -2.07. The Morgan fingerprint density at radius 1 is 1.67 bits per heavy atom. The Labute approximate surface area is 104 Å². The highest BCUT2D eigenvalue weighted by Crippen LogP contribution is 2.20. The first kappa shape index (κ1) is 13.9. The van der Waals surface area contributed by atoms with Gasteiger partial charge in [-0.1, -0.05) is 6.92 Å². The maximum atomic E-state index is 10.7. The third-order valence-electron chi connectivity index (χ3n) is 2.51. The van der Waals surface area contributed by atoms with Crippen LogP contribution in [0.25, 0.3) is 0 Å². The number of nitrogens with one attached hydrogen (secondary N) is 1. The number of nitrogens with zero attached hydrogens (tertiary/aromatic N) is 2. The molecule has 0 saturated carbocycles. The second-order valence-electron chi connectivity index (χ2n) is 3.94. The van der Waals surface area contributed by atoms with E-state index >= 15 is 0 Å². The second kappa shape index (κ2) is 6.53. The number of carboxylic acids is 1. The second-order valence-corrected chi connectivity index (χ2v) is 3.94. The Bertz CT molecular complexity index is 436. The molecule has 1 heterocycles. The Hall–Kier alpha value is -2.18. The monoisotopic (exact) mass is 253 g/mol. The van der Waals surface area contributed by atoms with Crippen LogP contribution < -0.4 is 5.32 Å². The predicted molar refractivity (Wildman–Crippen MR) is 65.4 cm³/mol. The molecule has 0 aliphatic heterocycles. The van der Waals surface area contributed by atoms with Crippen molar-refractivity contribution < 1.29 is 14.8 Å². The third kappa shape index (κ3) is 4.00. The van der Waals surface area contributed by atoms with Crippen LogP contribution in [0.1, 0.15) is 19.8 Å². The van der Waals surface area contributed by atoms with Crippen molar-refractivity contribution in [1.29, 1.82) is 0 Å². The molecule has 0 radical (unpaired) electrons. The number of aromatic nitrogens is 1. The minimum atomic E-state index is -0.834. The van der Waals surface area contributed by atoms with Gasteiger partial charge in [-0.15, -0.1) is 0 Å². The molecule has 98 valence electrons. The van der Waals surface area contributed by atoms with Gasteiger partial charge in [0.15, 0.2) is 0 Å². The van der Waals surface area contributed by atoms with Crippen molar-refractivity contribution in [3.8, 4) is 0 Å². The lowest BCUT2D eigenvalue weighted by Crippen LogP contribution is -2.12. The molecule has 1 aromatic rings. The summed E-state index contributed by atoms with van der Waals surface area (Å²) in [5.41, 5.74) is -0.0798. The van der Waals surface area contributed by atoms with Gasteiger partial charge < -0.3 is 10.4 Å². The molecule has 0 saturated heterocycles. The Morgan fingerprint density at radius 3 is 3.00 bits per heavy atom. The van der Waals surface area contributed by atoms with Crippen LogP contribution in [0.2, 0.25) is 0 Å². The van der Waals surface area contributed by atoms with Crippen LogP contribution in [0.3, 0.4) is 0 Å². The Kier molecular flexibility index (Phi) is 5.04. The predicted octanol–water partition coefficient (Wildman–Crippen LogP) is 1.90. The molecular weight excluding hydrogens is 238 g/mol. The number of carboxylic acid groups (broad SMARTS) is 1. The first-order valence-electron chi connectivity index (χ1n) is 5.58. The molecule has 0 fully saturated rings. The third-order valence-corrected chi connectivity index (χ3v) is 2.51. The maximum Gasteiger partial charge on any atom is 0.311 e. The van der Waals surface area contributed by atoms with Gasteiger partial charge in [0.2, 0.25) is 5.82 Å². The van der Waals surface area contributed by atoms with E-state index in [9.17, 15) is 14.9 Å². The summed E-state index contributed by atoms with van der Waals surface area (Å²) in [5, 5.41) is 22.2. The highest BCUT2D eigenvalue weighted by molar-refractivity contribution is 5.69. The molecule has 1 aromatic heterocycles. The normalized spacial score (nSPS) is 11.8. The molecule has 18 heavy (non-hydrogen) atoms. The summed E-state index contributed by atoms with van der Waals surface area (Å²) in [5.74, 6) is -1.03. The van der Waals surface area contributed by atoms with Gasteiger partial charge in [-0.2, -0.15) is 0 Å². The maximum absolute atomic E-state index is 10.7. The number of carbonyl (C=O) groups is 1.